The van der Waals surface area contributed by atoms with E-state index in [9.17, 15) is 4.79 Å². The fourth-order valence-electron chi connectivity index (χ4n) is 9.26. The minimum Gasteiger partial charge on any atom is -0.466 e. The molecule has 0 fully saturated rings. The molecule has 0 aliphatic rings. The SMILES string of the molecule is CCCCCCCCCCCCCCCCCCCCCCCCCCCCCCOC(=O)CCCCCCCCCCCCCCCCCCCCCCCCCC. The number of rotatable bonds is 54. The molecule has 0 aromatic carbocycles. The van der Waals surface area contributed by atoms with Crippen LogP contribution in [0.2, 0.25) is 0 Å². The molecule has 0 aromatic heterocycles. The molecule has 0 saturated heterocycles. The Balaban J connectivity index is 3.14. The Morgan fingerprint density at radius 2 is 0.373 bits per heavy atom. The van der Waals surface area contributed by atoms with Gasteiger partial charge in [0.25, 0.3) is 0 Å². The van der Waals surface area contributed by atoms with Crippen LogP contribution in [-0.2, 0) is 9.53 Å². The van der Waals surface area contributed by atoms with Crippen molar-refractivity contribution < 1.29 is 9.53 Å². The average Bonchev–Trinajstić information content (AvgIpc) is 3.24. The van der Waals surface area contributed by atoms with Gasteiger partial charge in [-0.15, -0.1) is 0 Å². The van der Waals surface area contributed by atoms with Gasteiger partial charge in [-0.1, -0.05) is 335 Å². The second kappa shape index (κ2) is 55.5. The van der Waals surface area contributed by atoms with Crippen molar-refractivity contribution in [2.75, 3.05) is 6.61 Å². The summed E-state index contributed by atoms with van der Waals surface area (Å²) in [7, 11) is 0. The van der Waals surface area contributed by atoms with Crippen molar-refractivity contribution in [3.63, 3.8) is 0 Å². The van der Waals surface area contributed by atoms with E-state index in [2.05, 4.69) is 13.8 Å². The second-order valence-corrected chi connectivity index (χ2v) is 19.6. The van der Waals surface area contributed by atoms with Gasteiger partial charge in [0.15, 0.2) is 0 Å². The average molecular weight is 832 g/mol. The second-order valence-electron chi connectivity index (χ2n) is 19.6. The highest BCUT2D eigenvalue weighted by Crippen LogP contribution is 2.18. The van der Waals surface area contributed by atoms with Gasteiger partial charge in [-0.2, -0.15) is 0 Å². The Morgan fingerprint density at radius 1 is 0.220 bits per heavy atom. The quantitative estimate of drug-likeness (QED) is 0.0451. The molecule has 2 nitrogen and oxygen atoms in total. The monoisotopic (exact) mass is 831 g/mol. The van der Waals surface area contributed by atoms with Crippen molar-refractivity contribution in [3.05, 3.63) is 0 Å². The predicted molar refractivity (Wildman–Crippen MR) is 267 cm³/mol. The van der Waals surface area contributed by atoms with Crippen LogP contribution in [0.25, 0.3) is 0 Å². The molecule has 59 heavy (non-hydrogen) atoms. The number of ether oxygens (including phenoxy) is 1. The zero-order valence-electron chi connectivity index (χ0n) is 41.5. The van der Waals surface area contributed by atoms with Crippen LogP contribution in [0, 0.1) is 0 Å². The molecular weight excluding hydrogens is 717 g/mol. The summed E-state index contributed by atoms with van der Waals surface area (Å²) in [6.07, 6.45) is 74.3. The first-order chi connectivity index (χ1) is 29.3. The molecule has 0 aromatic rings. The fraction of sp³-hybridized carbons (Fsp3) is 0.982. The third-order valence-corrected chi connectivity index (χ3v) is 13.5. The smallest absolute Gasteiger partial charge is 0.305 e. The minimum atomic E-state index is 0.0359. The van der Waals surface area contributed by atoms with E-state index in [0.29, 0.717) is 13.0 Å². The van der Waals surface area contributed by atoms with Crippen LogP contribution in [0.15, 0.2) is 0 Å². The maximum atomic E-state index is 12.1. The normalized spacial score (nSPS) is 11.6. The van der Waals surface area contributed by atoms with Crippen molar-refractivity contribution >= 4 is 5.97 Å². The van der Waals surface area contributed by atoms with Gasteiger partial charge >= 0.3 is 5.97 Å². The topological polar surface area (TPSA) is 26.3 Å². The molecule has 354 valence electrons. The van der Waals surface area contributed by atoms with Crippen molar-refractivity contribution in [1.82, 2.24) is 0 Å². The molecule has 0 heterocycles. The van der Waals surface area contributed by atoms with E-state index in [0.717, 1.165) is 12.8 Å². The molecule has 0 radical (unpaired) electrons. The van der Waals surface area contributed by atoms with Gasteiger partial charge in [0.05, 0.1) is 6.61 Å². The van der Waals surface area contributed by atoms with Crippen LogP contribution in [0.4, 0.5) is 0 Å². The van der Waals surface area contributed by atoms with Crippen molar-refractivity contribution in [2.24, 2.45) is 0 Å². The molecule has 0 saturated carbocycles. The summed E-state index contributed by atoms with van der Waals surface area (Å²) in [6, 6.07) is 0. The lowest BCUT2D eigenvalue weighted by Gasteiger charge is -2.06. The van der Waals surface area contributed by atoms with Gasteiger partial charge in [-0.25, -0.2) is 0 Å². The molecule has 0 atom stereocenters. The zero-order chi connectivity index (χ0) is 42.5. The third-order valence-electron chi connectivity index (χ3n) is 13.5. The Labute approximate surface area is 374 Å². The predicted octanol–water partition coefficient (Wildman–Crippen LogP) is 21.2. The van der Waals surface area contributed by atoms with E-state index in [1.54, 1.807) is 0 Å². The van der Waals surface area contributed by atoms with E-state index in [1.165, 1.54) is 321 Å². The lowest BCUT2D eigenvalue weighted by molar-refractivity contribution is -0.143. The van der Waals surface area contributed by atoms with Crippen molar-refractivity contribution in [3.8, 4) is 0 Å². The summed E-state index contributed by atoms with van der Waals surface area (Å²) < 4.78 is 5.51. The van der Waals surface area contributed by atoms with Gasteiger partial charge in [0.2, 0.25) is 0 Å². The van der Waals surface area contributed by atoms with Crippen LogP contribution in [0.5, 0.6) is 0 Å². The highest BCUT2D eigenvalue weighted by molar-refractivity contribution is 5.69. The van der Waals surface area contributed by atoms with E-state index in [1.807, 2.05) is 0 Å². The summed E-state index contributed by atoms with van der Waals surface area (Å²) in [5, 5.41) is 0. The summed E-state index contributed by atoms with van der Waals surface area (Å²) >= 11 is 0. The maximum absolute atomic E-state index is 12.1. The first-order valence-corrected chi connectivity index (χ1v) is 28.5. The number of esters is 1. The van der Waals surface area contributed by atoms with Gasteiger partial charge in [0, 0.05) is 6.42 Å². The molecule has 0 bridgehead atoms. The number of carbonyl (C=O) groups is 1. The van der Waals surface area contributed by atoms with Gasteiger partial charge < -0.3 is 4.74 Å². The summed E-state index contributed by atoms with van der Waals surface area (Å²) in [6.45, 7) is 5.25. The molecule has 0 rings (SSSR count). The first kappa shape index (κ1) is 58.5. The number of unbranched alkanes of at least 4 members (excludes halogenated alkanes) is 50. The maximum Gasteiger partial charge on any atom is 0.305 e. The van der Waals surface area contributed by atoms with Gasteiger partial charge in [-0.05, 0) is 12.8 Å². The minimum absolute atomic E-state index is 0.0359. The van der Waals surface area contributed by atoms with Crippen LogP contribution in [0.3, 0.4) is 0 Å². The molecule has 0 amide bonds. The van der Waals surface area contributed by atoms with E-state index in [-0.39, 0.29) is 5.97 Å². The summed E-state index contributed by atoms with van der Waals surface area (Å²) in [4.78, 5) is 12.1. The van der Waals surface area contributed by atoms with Crippen molar-refractivity contribution in [2.45, 2.75) is 354 Å². The fourth-order valence-corrected chi connectivity index (χ4v) is 9.26. The molecular formula is C57H114O2. The molecule has 0 spiro atoms. The summed E-state index contributed by atoms with van der Waals surface area (Å²) in [5.74, 6) is 0.0359. The lowest BCUT2D eigenvalue weighted by atomic mass is 10.0. The molecule has 0 N–H and O–H groups in total. The number of hydrogen-bond donors (Lipinski definition) is 0. The zero-order valence-corrected chi connectivity index (χ0v) is 41.5. The molecule has 2 heteroatoms. The van der Waals surface area contributed by atoms with Gasteiger partial charge in [-0.3, -0.25) is 4.79 Å². The standard InChI is InChI=1S/C57H114O2/c1-3-5-7-9-11-13-15-17-19-21-23-25-27-29-30-31-32-34-36-38-40-42-44-46-48-50-52-54-56-59-57(58)55-53-51-49-47-45-43-41-39-37-35-33-28-26-24-22-20-18-16-14-12-10-8-6-4-2/h3-56H2,1-2H3. The highest BCUT2D eigenvalue weighted by atomic mass is 16.5. The lowest BCUT2D eigenvalue weighted by Crippen LogP contribution is -2.05. The van der Waals surface area contributed by atoms with Crippen LogP contribution in [0.1, 0.15) is 354 Å². The van der Waals surface area contributed by atoms with Crippen molar-refractivity contribution in [1.29, 1.82) is 0 Å². The Bertz CT molecular complexity index is 732. The summed E-state index contributed by atoms with van der Waals surface area (Å²) in [5.41, 5.74) is 0. The van der Waals surface area contributed by atoms with Crippen LogP contribution >= 0.6 is 0 Å². The first-order valence-electron chi connectivity index (χ1n) is 28.5. The van der Waals surface area contributed by atoms with E-state index >= 15 is 0 Å². The Kier molecular flexibility index (Phi) is 55.0. The number of carbonyl (C=O) groups excluding carboxylic acids is 1. The Hall–Kier alpha value is -0.530. The molecule has 0 aliphatic carbocycles. The molecule has 0 aliphatic heterocycles. The van der Waals surface area contributed by atoms with Gasteiger partial charge in [0.1, 0.15) is 0 Å². The molecule has 0 unspecified atom stereocenters. The highest BCUT2D eigenvalue weighted by Gasteiger charge is 2.03. The van der Waals surface area contributed by atoms with Crippen LogP contribution < -0.4 is 0 Å². The van der Waals surface area contributed by atoms with E-state index < -0.39 is 0 Å². The largest absolute Gasteiger partial charge is 0.466 e. The number of hydrogen-bond acceptors (Lipinski definition) is 2. The van der Waals surface area contributed by atoms with E-state index in [4.69, 9.17) is 4.74 Å². The van der Waals surface area contributed by atoms with Crippen LogP contribution in [-0.4, -0.2) is 12.6 Å². The third kappa shape index (κ3) is 55.5. The Morgan fingerprint density at radius 3 is 0.559 bits per heavy atom.